The number of benzene rings is 1. The molecule has 3 rings (SSSR count). The van der Waals surface area contributed by atoms with Crippen molar-refractivity contribution in [3.05, 3.63) is 40.6 Å². The Bertz CT molecular complexity index is 727. The van der Waals surface area contributed by atoms with E-state index in [0.717, 1.165) is 37.1 Å². The third-order valence-electron chi connectivity index (χ3n) is 5.16. The number of carbonyl (C=O) groups is 2. The van der Waals surface area contributed by atoms with Crippen LogP contribution >= 0.6 is 0 Å². The number of rotatable bonds is 4. The fraction of sp³-hybridized carbons (Fsp3) is 0.524. The molecule has 0 aliphatic carbocycles. The standard InChI is InChI=1S/C21H28N2O2/c1-14(2)13-23-20(24)18(17-9-8-15(3)16(4)12-17)19(21(23)25)22-10-6-5-7-11-22/h8-9,12,14H,5-7,10-11,13H2,1-4H3. The van der Waals surface area contributed by atoms with Gasteiger partial charge in [0.15, 0.2) is 0 Å². The van der Waals surface area contributed by atoms with Crippen molar-refractivity contribution in [1.29, 1.82) is 0 Å². The molecule has 2 heterocycles. The lowest BCUT2D eigenvalue weighted by atomic mass is 9.98. The zero-order chi connectivity index (χ0) is 18.1. The average Bonchev–Trinajstić information content (AvgIpc) is 2.82. The quantitative estimate of drug-likeness (QED) is 0.788. The van der Waals surface area contributed by atoms with Gasteiger partial charge >= 0.3 is 0 Å². The minimum atomic E-state index is -0.137. The number of imide groups is 1. The van der Waals surface area contributed by atoms with Gasteiger partial charge in [0.1, 0.15) is 5.70 Å². The van der Waals surface area contributed by atoms with Crippen LogP contribution in [0.5, 0.6) is 0 Å². The first kappa shape index (κ1) is 17.7. The predicted molar refractivity (Wildman–Crippen MR) is 99.8 cm³/mol. The van der Waals surface area contributed by atoms with Gasteiger partial charge in [0.25, 0.3) is 11.8 Å². The summed E-state index contributed by atoms with van der Waals surface area (Å²) < 4.78 is 0. The molecule has 0 aromatic heterocycles. The summed E-state index contributed by atoms with van der Waals surface area (Å²) >= 11 is 0. The second-order valence-electron chi connectivity index (χ2n) is 7.69. The molecular formula is C21H28N2O2. The molecule has 2 aliphatic rings. The molecule has 0 spiro atoms. The van der Waals surface area contributed by atoms with E-state index in [1.165, 1.54) is 16.9 Å². The van der Waals surface area contributed by atoms with Crippen molar-refractivity contribution in [1.82, 2.24) is 9.80 Å². The second-order valence-corrected chi connectivity index (χ2v) is 7.69. The number of piperidine rings is 1. The fourth-order valence-corrected chi connectivity index (χ4v) is 3.66. The normalized spacial score (nSPS) is 18.8. The van der Waals surface area contributed by atoms with Gasteiger partial charge in [0.2, 0.25) is 0 Å². The zero-order valence-electron chi connectivity index (χ0n) is 15.8. The van der Waals surface area contributed by atoms with Crippen molar-refractivity contribution in [3.8, 4) is 0 Å². The third-order valence-corrected chi connectivity index (χ3v) is 5.16. The molecular weight excluding hydrogens is 312 g/mol. The van der Waals surface area contributed by atoms with Gasteiger partial charge in [-0.2, -0.15) is 0 Å². The molecule has 2 amide bonds. The SMILES string of the molecule is Cc1ccc(C2=C(N3CCCCC3)C(=O)N(CC(C)C)C2=O)cc1C. The van der Waals surface area contributed by atoms with Crippen LogP contribution in [-0.4, -0.2) is 41.2 Å². The van der Waals surface area contributed by atoms with E-state index in [0.29, 0.717) is 17.8 Å². The maximum absolute atomic E-state index is 13.1. The van der Waals surface area contributed by atoms with Gasteiger partial charge in [-0.15, -0.1) is 0 Å². The van der Waals surface area contributed by atoms with Crippen molar-refractivity contribution in [2.75, 3.05) is 19.6 Å². The highest BCUT2D eigenvalue weighted by molar-refractivity contribution is 6.35. The van der Waals surface area contributed by atoms with E-state index >= 15 is 0 Å². The number of nitrogens with zero attached hydrogens (tertiary/aromatic N) is 2. The molecule has 1 fully saturated rings. The van der Waals surface area contributed by atoms with Crippen molar-refractivity contribution >= 4 is 17.4 Å². The number of likely N-dealkylation sites (tertiary alicyclic amines) is 1. The Balaban J connectivity index is 2.08. The highest BCUT2D eigenvalue weighted by Gasteiger charge is 2.41. The Labute approximate surface area is 150 Å². The number of hydrogen-bond acceptors (Lipinski definition) is 3. The van der Waals surface area contributed by atoms with E-state index in [1.54, 1.807) is 0 Å². The Kier molecular flexibility index (Phi) is 4.98. The van der Waals surface area contributed by atoms with Crippen LogP contribution in [0.25, 0.3) is 5.57 Å². The van der Waals surface area contributed by atoms with Crippen molar-refractivity contribution in [2.24, 2.45) is 5.92 Å². The monoisotopic (exact) mass is 340 g/mol. The van der Waals surface area contributed by atoms with Crippen LogP contribution in [0, 0.1) is 19.8 Å². The van der Waals surface area contributed by atoms with Crippen LogP contribution in [0.4, 0.5) is 0 Å². The Morgan fingerprint density at radius 1 is 0.960 bits per heavy atom. The van der Waals surface area contributed by atoms with E-state index in [2.05, 4.69) is 11.8 Å². The van der Waals surface area contributed by atoms with Crippen LogP contribution in [-0.2, 0) is 9.59 Å². The summed E-state index contributed by atoms with van der Waals surface area (Å²) in [4.78, 5) is 29.8. The molecule has 1 saturated heterocycles. The zero-order valence-corrected chi connectivity index (χ0v) is 15.8. The van der Waals surface area contributed by atoms with Gasteiger partial charge in [-0.05, 0) is 55.7 Å². The molecule has 1 aromatic rings. The second kappa shape index (κ2) is 7.03. The van der Waals surface area contributed by atoms with Gasteiger partial charge in [0.05, 0.1) is 5.57 Å². The Morgan fingerprint density at radius 3 is 2.24 bits per heavy atom. The van der Waals surface area contributed by atoms with E-state index in [-0.39, 0.29) is 17.7 Å². The summed E-state index contributed by atoms with van der Waals surface area (Å²) in [5.74, 6) is 0.00552. The Hall–Kier alpha value is -2.10. The molecule has 0 bridgehead atoms. The highest BCUT2D eigenvalue weighted by Crippen LogP contribution is 2.34. The van der Waals surface area contributed by atoms with Crippen LogP contribution in [0.15, 0.2) is 23.9 Å². The first-order valence-corrected chi connectivity index (χ1v) is 9.33. The lowest BCUT2D eigenvalue weighted by Crippen LogP contribution is -2.38. The molecule has 0 radical (unpaired) electrons. The van der Waals surface area contributed by atoms with Gasteiger partial charge in [0, 0.05) is 19.6 Å². The summed E-state index contributed by atoms with van der Waals surface area (Å²) in [6.45, 7) is 10.4. The summed E-state index contributed by atoms with van der Waals surface area (Å²) in [6, 6.07) is 6.05. The maximum Gasteiger partial charge on any atom is 0.277 e. The van der Waals surface area contributed by atoms with Crippen molar-refractivity contribution in [2.45, 2.75) is 47.0 Å². The lowest BCUT2D eigenvalue weighted by molar-refractivity contribution is -0.138. The summed E-state index contributed by atoms with van der Waals surface area (Å²) in [5, 5.41) is 0. The summed E-state index contributed by atoms with van der Waals surface area (Å²) in [6.07, 6.45) is 3.35. The van der Waals surface area contributed by atoms with Gasteiger partial charge in [-0.1, -0.05) is 32.0 Å². The van der Waals surface area contributed by atoms with Gasteiger partial charge in [-0.3, -0.25) is 14.5 Å². The molecule has 4 nitrogen and oxygen atoms in total. The first-order valence-electron chi connectivity index (χ1n) is 9.33. The van der Waals surface area contributed by atoms with E-state index in [4.69, 9.17) is 0 Å². The Morgan fingerprint density at radius 2 is 1.64 bits per heavy atom. The van der Waals surface area contributed by atoms with E-state index < -0.39 is 0 Å². The molecule has 2 aliphatic heterocycles. The number of aryl methyl sites for hydroxylation is 2. The topological polar surface area (TPSA) is 40.6 Å². The van der Waals surface area contributed by atoms with Crippen molar-refractivity contribution in [3.63, 3.8) is 0 Å². The molecule has 1 aromatic carbocycles. The minimum Gasteiger partial charge on any atom is -0.366 e. The predicted octanol–water partition coefficient (Wildman–Crippen LogP) is 3.53. The van der Waals surface area contributed by atoms with Gasteiger partial charge < -0.3 is 4.90 Å². The molecule has 134 valence electrons. The van der Waals surface area contributed by atoms with Crippen LogP contribution < -0.4 is 0 Å². The fourth-order valence-electron chi connectivity index (χ4n) is 3.66. The number of amides is 2. The summed E-state index contributed by atoms with van der Waals surface area (Å²) in [5.41, 5.74) is 4.42. The van der Waals surface area contributed by atoms with Crippen molar-refractivity contribution < 1.29 is 9.59 Å². The first-order chi connectivity index (χ1) is 11.9. The largest absolute Gasteiger partial charge is 0.366 e. The highest BCUT2D eigenvalue weighted by atomic mass is 16.2. The third kappa shape index (κ3) is 3.35. The molecule has 0 unspecified atom stereocenters. The van der Waals surface area contributed by atoms with Crippen LogP contribution in [0.1, 0.15) is 49.8 Å². The smallest absolute Gasteiger partial charge is 0.277 e. The lowest BCUT2D eigenvalue weighted by Gasteiger charge is -2.29. The van der Waals surface area contributed by atoms with Gasteiger partial charge in [-0.25, -0.2) is 0 Å². The van der Waals surface area contributed by atoms with E-state index in [1.807, 2.05) is 39.0 Å². The average molecular weight is 340 g/mol. The molecule has 0 atom stereocenters. The number of hydrogen-bond donors (Lipinski definition) is 0. The van der Waals surface area contributed by atoms with Crippen LogP contribution in [0.3, 0.4) is 0 Å². The van der Waals surface area contributed by atoms with Crippen LogP contribution in [0.2, 0.25) is 0 Å². The van der Waals surface area contributed by atoms with E-state index in [9.17, 15) is 9.59 Å². The molecule has 4 heteroatoms. The molecule has 0 saturated carbocycles. The number of carbonyl (C=O) groups excluding carboxylic acids is 2. The summed E-state index contributed by atoms with van der Waals surface area (Å²) in [7, 11) is 0. The molecule has 0 N–H and O–H groups in total. The minimum absolute atomic E-state index is 0.117. The molecule has 25 heavy (non-hydrogen) atoms. The maximum atomic E-state index is 13.1.